The summed E-state index contributed by atoms with van der Waals surface area (Å²) in [5.41, 5.74) is 5.74. The monoisotopic (exact) mass is 349 g/mol. The fourth-order valence-corrected chi connectivity index (χ4v) is 3.43. The number of amides is 1. The predicted octanol–water partition coefficient (Wildman–Crippen LogP) is 1.27. The number of aliphatic hydroxyl groups is 1. The van der Waals surface area contributed by atoms with Crippen molar-refractivity contribution >= 4 is 17.7 Å². The molecule has 25 heavy (non-hydrogen) atoms. The lowest BCUT2D eigenvalue weighted by atomic mass is 10.1. The van der Waals surface area contributed by atoms with Crippen molar-refractivity contribution in [2.45, 2.75) is 63.1 Å². The number of hydrogen-bond donors (Lipinski definition) is 4. The molecule has 2 atom stereocenters. The Hall–Kier alpha value is -1.93. The molecule has 0 spiro atoms. The van der Waals surface area contributed by atoms with Crippen LogP contribution in [0.25, 0.3) is 0 Å². The molecule has 2 heterocycles. The predicted molar refractivity (Wildman–Crippen MR) is 94.5 cm³/mol. The second kappa shape index (κ2) is 8.44. The maximum Gasteiger partial charge on any atom is 0.254 e. The van der Waals surface area contributed by atoms with Crippen LogP contribution in [-0.4, -0.2) is 52.4 Å². The number of rotatable bonds is 5. The van der Waals surface area contributed by atoms with E-state index in [1.165, 1.54) is 6.20 Å². The summed E-state index contributed by atoms with van der Waals surface area (Å²) in [7, 11) is 0. The zero-order valence-electron chi connectivity index (χ0n) is 14.4. The molecule has 1 aliphatic carbocycles. The molecule has 0 unspecified atom stereocenters. The third kappa shape index (κ3) is 5.02. The highest BCUT2D eigenvalue weighted by Gasteiger charge is 2.22. The number of hydrogen-bond acceptors (Lipinski definition) is 7. The summed E-state index contributed by atoms with van der Waals surface area (Å²) < 4.78 is 5.36. The first-order valence-corrected chi connectivity index (χ1v) is 9.07. The Morgan fingerprint density at radius 3 is 2.68 bits per heavy atom. The number of aromatic nitrogens is 2. The van der Waals surface area contributed by atoms with Crippen LogP contribution in [0.15, 0.2) is 6.20 Å². The molecule has 1 aliphatic heterocycles. The Morgan fingerprint density at radius 1 is 1.16 bits per heavy atom. The molecule has 5 N–H and O–H groups in total. The molecular formula is C17H27N5O3. The van der Waals surface area contributed by atoms with E-state index in [4.69, 9.17) is 10.5 Å². The molecule has 1 aromatic rings. The second-order valence-corrected chi connectivity index (χ2v) is 6.87. The van der Waals surface area contributed by atoms with E-state index in [-0.39, 0.29) is 23.8 Å². The van der Waals surface area contributed by atoms with Gasteiger partial charge in [0.1, 0.15) is 5.82 Å². The van der Waals surface area contributed by atoms with E-state index in [0.717, 1.165) is 51.7 Å². The minimum atomic E-state index is -0.561. The van der Waals surface area contributed by atoms with E-state index in [9.17, 15) is 9.90 Å². The third-order valence-corrected chi connectivity index (χ3v) is 4.85. The molecule has 0 radical (unpaired) electrons. The summed E-state index contributed by atoms with van der Waals surface area (Å²) in [5, 5.41) is 16.6. The van der Waals surface area contributed by atoms with Crippen LogP contribution in [0.4, 0.5) is 11.8 Å². The zero-order valence-corrected chi connectivity index (χ0v) is 14.4. The van der Waals surface area contributed by atoms with Crippen molar-refractivity contribution in [1.82, 2.24) is 9.97 Å². The van der Waals surface area contributed by atoms with Gasteiger partial charge in [0.2, 0.25) is 5.95 Å². The van der Waals surface area contributed by atoms with Gasteiger partial charge in [-0.1, -0.05) is 12.8 Å². The first-order chi connectivity index (χ1) is 12.1. The summed E-state index contributed by atoms with van der Waals surface area (Å²) in [4.78, 5) is 20.4. The number of nitrogens with zero attached hydrogens (tertiary/aromatic N) is 2. The van der Waals surface area contributed by atoms with Gasteiger partial charge >= 0.3 is 0 Å². The molecule has 2 fully saturated rings. The number of ether oxygens (including phenoxy) is 1. The average Bonchev–Trinajstić information content (AvgIpc) is 2.79. The number of primary amides is 1. The van der Waals surface area contributed by atoms with Crippen molar-refractivity contribution in [3.8, 4) is 0 Å². The van der Waals surface area contributed by atoms with Crippen molar-refractivity contribution in [2.24, 2.45) is 5.73 Å². The molecule has 0 aromatic carbocycles. The molecule has 138 valence electrons. The van der Waals surface area contributed by atoms with Gasteiger partial charge in [0, 0.05) is 31.5 Å². The maximum atomic E-state index is 11.7. The Morgan fingerprint density at radius 2 is 1.92 bits per heavy atom. The first kappa shape index (κ1) is 17.9. The fraction of sp³-hybridized carbons (Fsp3) is 0.706. The molecular weight excluding hydrogens is 322 g/mol. The van der Waals surface area contributed by atoms with Crippen LogP contribution >= 0.6 is 0 Å². The number of nitrogens with one attached hydrogen (secondary N) is 2. The van der Waals surface area contributed by atoms with Crippen molar-refractivity contribution in [2.75, 3.05) is 23.8 Å². The lowest BCUT2D eigenvalue weighted by Crippen LogP contribution is -2.30. The first-order valence-electron chi connectivity index (χ1n) is 9.07. The van der Waals surface area contributed by atoms with Gasteiger partial charge in [0.05, 0.1) is 11.7 Å². The lowest BCUT2D eigenvalue weighted by molar-refractivity contribution is 0.0903. The highest BCUT2D eigenvalue weighted by molar-refractivity contribution is 5.97. The van der Waals surface area contributed by atoms with Crippen molar-refractivity contribution in [3.63, 3.8) is 0 Å². The van der Waals surface area contributed by atoms with E-state index in [1.807, 2.05) is 0 Å². The minimum Gasteiger partial charge on any atom is -0.393 e. The third-order valence-electron chi connectivity index (χ3n) is 4.85. The second-order valence-electron chi connectivity index (χ2n) is 6.87. The molecule has 1 saturated heterocycles. The smallest absolute Gasteiger partial charge is 0.254 e. The summed E-state index contributed by atoms with van der Waals surface area (Å²) in [6, 6.07) is 0.335. The maximum absolute atomic E-state index is 11.7. The molecule has 1 amide bonds. The Balaban J connectivity index is 1.74. The Labute approximate surface area is 147 Å². The van der Waals surface area contributed by atoms with Gasteiger partial charge < -0.3 is 26.2 Å². The summed E-state index contributed by atoms with van der Waals surface area (Å²) in [6.07, 6.45) is 7.40. The van der Waals surface area contributed by atoms with Crippen LogP contribution < -0.4 is 16.4 Å². The van der Waals surface area contributed by atoms with E-state index in [2.05, 4.69) is 20.6 Å². The zero-order chi connectivity index (χ0) is 17.6. The number of nitrogens with two attached hydrogens (primary N) is 1. The van der Waals surface area contributed by atoms with E-state index >= 15 is 0 Å². The normalized spacial score (nSPS) is 25.2. The molecule has 8 nitrogen and oxygen atoms in total. The van der Waals surface area contributed by atoms with Gasteiger partial charge in [-0.15, -0.1) is 0 Å². The fourth-order valence-electron chi connectivity index (χ4n) is 3.43. The molecule has 0 bridgehead atoms. The van der Waals surface area contributed by atoms with Gasteiger partial charge in [-0.25, -0.2) is 4.98 Å². The van der Waals surface area contributed by atoms with Crippen LogP contribution in [0, 0.1) is 0 Å². The number of carbonyl (C=O) groups excluding carboxylic acids is 1. The van der Waals surface area contributed by atoms with Crippen LogP contribution in [-0.2, 0) is 4.74 Å². The SMILES string of the molecule is NC(=O)c1cnc(NC2CCOCC2)nc1N[C@@H]1CCCC[C@H](O)C1. The Kier molecular flexibility index (Phi) is 6.04. The van der Waals surface area contributed by atoms with Crippen LogP contribution in [0.1, 0.15) is 55.3 Å². The summed E-state index contributed by atoms with van der Waals surface area (Å²) >= 11 is 0. The average molecular weight is 349 g/mol. The van der Waals surface area contributed by atoms with E-state index in [1.54, 1.807) is 0 Å². The highest BCUT2D eigenvalue weighted by Crippen LogP contribution is 2.23. The number of anilines is 2. The van der Waals surface area contributed by atoms with Gasteiger partial charge in [-0.2, -0.15) is 4.98 Å². The van der Waals surface area contributed by atoms with Crippen molar-refractivity contribution < 1.29 is 14.6 Å². The van der Waals surface area contributed by atoms with Gasteiger partial charge in [0.15, 0.2) is 0 Å². The number of carbonyl (C=O) groups is 1. The van der Waals surface area contributed by atoms with E-state index < -0.39 is 5.91 Å². The van der Waals surface area contributed by atoms with Crippen molar-refractivity contribution in [1.29, 1.82) is 0 Å². The van der Waals surface area contributed by atoms with Gasteiger partial charge in [-0.05, 0) is 32.1 Å². The summed E-state index contributed by atoms with van der Waals surface area (Å²) in [6.45, 7) is 1.45. The molecule has 8 heteroatoms. The summed E-state index contributed by atoms with van der Waals surface area (Å²) in [5.74, 6) is 0.360. The largest absolute Gasteiger partial charge is 0.393 e. The molecule has 3 rings (SSSR count). The topological polar surface area (TPSA) is 122 Å². The molecule has 1 aromatic heterocycles. The lowest BCUT2D eigenvalue weighted by Gasteiger charge is -2.24. The van der Waals surface area contributed by atoms with E-state index in [0.29, 0.717) is 18.2 Å². The Bertz CT molecular complexity index is 592. The number of aliphatic hydroxyl groups excluding tert-OH is 1. The van der Waals surface area contributed by atoms with Gasteiger partial charge in [-0.3, -0.25) is 4.79 Å². The highest BCUT2D eigenvalue weighted by atomic mass is 16.5. The van der Waals surface area contributed by atoms with Crippen LogP contribution in [0.2, 0.25) is 0 Å². The molecule has 2 aliphatic rings. The standard InChI is InChI=1S/C17H27N5O3/c18-15(24)14-10-19-17(21-11-5-7-25-8-6-11)22-16(14)20-12-3-1-2-4-13(23)9-12/h10-13,23H,1-9H2,(H2,18,24)(H2,19,20,21,22)/t12-,13+/m1/s1. The van der Waals surface area contributed by atoms with Crippen LogP contribution in [0.3, 0.4) is 0 Å². The molecule has 1 saturated carbocycles. The van der Waals surface area contributed by atoms with Crippen LogP contribution in [0.5, 0.6) is 0 Å². The van der Waals surface area contributed by atoms with Crippen molar-refractivity contribution in [3.05, 3.63) is 11.8 Å². The minimum absolute atomic E-state index is 0.0708. The van der Waals surface area contributed by atoms with Gasteiger partial charge in [0.25, 0.3) is 5.91 Å². The quantitative estimate of drug-likeness (QED) is 0.590.